The van der Waals surface area contributed by atoms with E-state index in [4.69, 9.17) is 56.2 Å². The molecule has 0 spiro atoms. The molecule has 0 aliphatic heterocycles. The van der Waals surface area contributed by atoms with Crippen molar-refractivity contribution in [1.29, 1.82) is 0 Å². The number of hydrogen-bond donors (Lipinski definition) is 0. The lowest BCUT2D eigenvalue weighted by Gasteiger charge is -2.26. The topological polar surface area (TPSA) is 86.7 Å². The molecule has 4 atom stereocenters. The van der Waals surface area contributed by atoms with Gasteiger partial charge in [0.05, 0.1) is 43.1 Å². The summed E-state index contributed by atoms with van der Waals surface area (Å²) in [6.45, 7) is 15.9. The largest absolute Gasteiger partial charge is 0.387 e. The quantitative estimate of drug-likeness (QED) is 0.109. The van der Waals surface area contributed by atoms with E-state index in [9.17, 15) is 19.2 Å². The van der Waals surface area contributed by atoms with Gasteiger partial charge in [-0.25, -0.2) is 19.4 Å². The second kappa shape index (κ2) is 14.6. The first-order chi connectivity index (χ1) is 19.2. The highest BCUT2D eigenvalue weighted by atomic mass is 35.5. The van der Waals surface area contributed by atoms with E-state index in [1.165, 1.54) is 36.4 Å². The monoisotopic (exact) mass is 658 g/mol. The van der Waals surface area contributed by atoms with Gasteiger partial charge in [-0.1, -0.05) is 90.7 Å². The Bertz CT molecular complexity index is 1220. The Balaban J connectivity index is 2.29. The van der Waals surface area contributed by atoms with Crippen LogP contribution in [0.1, 0.15) is 110 Å². The van der Waals surface area contributed by atoms with Crippen LogP contribution in [0.5, 0.6) is 0 Å². The van der Waals surface area contributed by atoms with Gasteiger partial charge in [0.15, 0.2) is 11.6 Å². The summed E-state index contributed by atoms with van der Waals surface area (Å²) in [4.78, 5) is 62.4. The van der Waals surface area contributed by atoms with Gasteiger partial charge in [0.1, 0.15) is 0 Å². The summed E-state index contributed by atoms with van der Waals surface area (Å²) in [5, 5.41) is -1.95. The summed E-state index contributed by atoms with van der Waals surface area (Å²) in [7, 11) is 0. The lowest BCUT2D eigenvalue weighted by Crippen LogP contribution is -2.28. The Hall–Kier alpha value is -2.12. The first kappa shape index (κ1) is 36.1. The lowest BCUT2D eigenvalue weighted by molar-refractivity contribution is -0.187. The maximum atomic E-state index is 13.3. The van der Waals surface area contributed by atoms with Crippen molar-refractivity contribution in [2.45, 2.75) is 79.0 Å². The van der Waals surface area contributed by atoms with Crippen molar-refractivity contribution >= 4 is 69.9 Å². The molecular formula is C32H38Cl4O6. The van der Waals surface area contributed by atoms with Gasteiger partial charge in [0.2, 0.25) is 0 Å². The number of alkyl halides is 2. The summed E-state index contributed by atoms with van der Waals surface area (Å²) in [5.74, 6) is -3.87. The maximum absolute atomic E-state index is 13.3. The SMILES string of the molecule is CC(CC(C)(C)C)C(Cl)C(=O)c1c(Cl)cccc1C(=O)OOC(=O)c1cccc(Cl)c1C(=O)C(Cl)C(C)CC(C)(C)C. The molecule has 0 saturated heterocycles. The minimum Gasteiger partial charge on any atom is -0.292 e. The molecule has 0 radical (unpaired) electrons. The van der Waals surface area contributed by atoms with Crippen LogP contribution in [0.3, 0.4) is 0 Å². The van der Waals surface area contributed by atoms with Crippen molar-refractivity contribution in [1.82, 2.24) is 0 Å². The predicted octanol–water partition coefficient (Wildman–Crippen LogP) is 9.65. The van der Waals surface area contributed by atoms with Crippen LogP contribution in [0.2, 0.25) is 10.0 Å². The van der Waals surface area contributed by atoms with Crippen LogP contribution in [0.25, 0.3) is 0 Å². The fourth-order valence-electron chi connectivity index (χ4n) is 4.99. The van der Waals surface area contributed by atoms with Gasteiger partial charge < -0.3 is 0 Å². The summed E-state index contributed by atoms with van der Waals surface area (Å²) < 4.78 is 0. The van der Waals surface area contributed by atoms with Crippen LogP contribution in [0.15, 0.2) is 36.4 Å². The van der Waals surface area contributed by atoms with Crippen molar-refractivity contribution in [3.63, 3.8) is 0 Å². The fraction of sp³-hybridized carbons (Fsp3) is 0.500. The number of halogens is 4. The van der Waals surface area contributed by atoms with Gasteiger partial charge in [-0.2, -0.15) is 0 Å². The minimum absolute atomic E-state index is 0.00496. The summed E-state index contributed by atoms with van der Waals surface area (Å²) in [5.41, 5.74) is -0.910. The van der Waals surface area contributed by atoms with Gasteiger partial charge in [-0.05, 0) is 59.8 Å². The molecular weight excluding hydrogens is 622 g/mol. The molecule has 230 valence electrons. The van der Waals surface area contributed by atoms with E-state index in [1.54, 1.807) is 0 Å². The lowest BCUT2D eigenvalue weighted by atomic mass is 9.82. The average Bonchev–Trinajstić information content (AvgIpc) is 2.87. The third kappa shape index (κ3) is 9.70. The minimum atomic E-state index is -1.15. The Morgan fingerprint density at radius 1 is 0.643 bits per heavy atom. The van der Waals surface area contributed by atoms with E-state index in [0.717, 1.165) is 0 Å². The van der Waals surface area contributed by atoms with Gasteiger partial charge in [-0.15, -0.1) is 23.2 Å². The molecule has 0 bridgehead atoms. The smallest absolute Gasteiger partial charge is 0.292 e. The number of rotatable bonds is 10. The average molecular weight is 660 g/mol. The second-order valence-electron chi connectivity index (χ2n) is 13.1. The summed E-state index contributed by atoms with van der Waals surface area (Å²) >= 11 is 25.7. The Morgan fingerprint density at radius 3 is 1.24 bits per heavy atom. The van der Waals surface area contributed by atoms with Crippen LogP contribution in [0, 0.1) is 22.7 Å². The van der Waals surface area contributed by atoms with Crippen molar-refractivity contribution in [3.8, 4) is 0 Å². The normalized spacial score (nSPS) is 14.9. The number of benzene rings is 2. The maximum Gasteiger partial charge on any atom is 0.387 e. The highest BCUT2D eigenvalue weighted by molar-refractivity contribution is 6.41. The van der Waals surface area contributed by atoms with E-state index in [0.29, 0.717) is 12.8 Å². The van der Waals surface area contributed by atoms with E-state index < -0.39 is 34.3 Å². The third-order valence-electron chi connectivity index (χ3n) is 6.52. The number of Topliss-reactive ketones (excluding diaryl/α,β-unsaturated/α-hetero) is 2. The molecule has 0 fully saturated rings. The molecule has 0 N–H and O–H groups in total. The number of carbonyl (C=O) groups is 4. The summed E-state index contributed by atoms with van der Waals surface area (Å²) in [6, 6.07) is 8.43. The number of ketones is 2. The van der Waals surface area contributed by atoms with Crippen molar-refractivity contribution in [3.05, 3.63) is 68.7 Å². The van der Waals surface area contributed by atoms with Gasteiger partial charge in [0, 0.05) is 0 Å². The number of hydrogen-bond acceptors (Lipinski definition) is 6. The highest BCUT2D eigenvalue weighted by Crippen LogP contribution is 2.34. The van der Waals surface area contributed by atoms with Crippen molar-refractivity contribution in [2.75, 3.05) is 0 Å². The zero-order valence-corrected chi connectivity index (χ0v) is 28.2. The molecule has 0 aliphatic carbocycles. The first-order valence-corrected chi connectivity index (χ1v) is 15.2. The zero-order chi connectivity index (χ0) is 32.2. The van der Waals surface area contributed by atoms with Gasteiger partial charge in [0.25, 0.3) is 0 Å². The fourth-order valence-corrected chi connectivity index (χ4v) is 5.92. The van der Waals surface area contributed by atoms with Crippen molar-refractivity contribution < 1.29 is 29.0 Å². The Kier molecular flexibility index (Phi) is 12.5. The molecule has 0 heterocycles. The van der Waals surface area contributed by atoms with Crippen LogP contribution >= 0.6 is 46.4 Å². The predicted molar refractivity (Wildman–Crippen MR) is 168 cm³/mol. The molecule has 2 aromatic rings. The zero-order valence-electron chi connectivity index (χ0n) is 25.1. The van der Waals surface area contributed by atoms with E-state index in [2.05, 4.69) is 0 Å². The standard InChI is InChI=1S/C32H38Cl4O6/c1-17(15-31(3,4)5)25(35)27(37)23-19(11-9-13-21(23)33)29(39)41-42-30(40)20-12-10-14-22(34)24(20)28(38)26(36)18(2)16-32(6,7)8/h9-14,17-18,25-26H,15-16H2,1-8H3. The first-order valence-electron chi connectivity index (χ1n) is 13.6. The van der Waals surface area contributed by atoms with Crippen LogP contribution < -0.4 is 0 Å². The van der Waals surface area contributed by atoms with Crippen LogP contribution in [0.4, 0.5) is 0 Å². The van der Waals surface area contributed by atoms with E-state index >= 15 is 0 Å². The van der Waals surface area contributed by atoms with E-state index in [1.807, 2.05) is 55.4 Å². The second-order valence-corrected chi connectivity index (χ2v) is 14.8. The molecule has 2 rings (SSSR count). The molecule has 10 heteroatoms. The Labute approximate surface area is 268 Å². The summed E-state index contributed by atoms with van der Waals surface area (Å²) in [6.07, 6.45) is 1.29. The number of carbonyl (C=O) groups excluding carboxylic acids is 4. The molecule has 0 aliphatic rings. The molecule has 42 heavy (non-hydrogen) atoms. The van der Waals surface area contributed by atoms with E-state index in [-0.39, 0.29) is 55.0 Å². The molecule has 0 saturated carbocycles. The third-order valence-corrected chi connectivity index (χ3v) is 8.41. The molecule has 0 aromatic heterocycles. The van der Waals surface area contributed by atoms with Crippen molar-refractivity contribution in [2.24, 2.45) is 22.7 Å². The Morgan fingerprint density at radius 2 is 0.952 bits per heavy atom. The molecule has 6 nitrogen and oxygen atoms in total. The van der Waals surface area contributed by atoms with Gasteiger partial charge in [-0.3, -0.25) is 9.59 Å². The molecule has 4 unspecified atom stereocenters. The molecule has 0 amide bonds. The van der Waals surface area contributed by atoms with Gasteiger partial charge >= 0.3 is 11.9 Å². The van der Waals surface area contributed by atoms with Crippen LogP contribution in [-0.2, 0) is 9.78 Å². The highest BCUT2D eigenvalue weighted by Gasteiger charge is 2.34. The van der Waals surface area contributed by atoms with Crippen LogP contribution in [-0.4, -0.2) is 34.3 Å². The molecule has 2 aromatic carbocycles.